The van der Waals surface area contributed by atoms with Gasteiger partial charge in [-0.1, -0.05) is 19.1 Å². The monoisotopic (exact) mass is 258 g/mol. The van der Waals surface area contributed by atoms with E-state index in [1.807, 2.05) is 30.5 Å². The Hall–Kier alpha value is -1.61. The quantitative estimate of drug-likeness (QED) is 0.864. The van der Waals surface area contributed by atoms with Gasteiger partial charge in [-0.25, -0.2) is 0 Å². The summed E-state index contributed by atoms with van der Waals surface area (Å²) in [4.78, 5) is 11.8. The van der Waals surface area contributed by atoms with Gasteiger partial charge < -0.3 is 9.88 Å². The number of para-hydroxylation sites is 1. The van der Waals surface area contributed by atoms with E-state index in [-0.39, 0.29) is 5.43 Å². The number of pyridine rings is 1. The lowest BCUT2D eigenvalue weighted by atomic mass is 10.2. The van der Waals surface area contributed by atoms with Crippen LogP contribution in [-0.4, -0.2) is 17.2 Å². The van der Waals surface area contributed by atoms with Gasteiger partial charge in [0.05, 0.1) is 5.52 Å². The van der Waals surface area contributed by atoms with Gasteiger partial charge in [0.2, 0.25) is 0 Å². The number of aromatic nitrogens is 1. The Morgan fingerprint density at radius 1 is 1.26 bits per heavy atom. The van der Waals surface area contributed by atoms with Crippen molar-refractivity contribution >= 4 is 10.9 Å². The molecule has 0 aliphatic carbocycles. The van der Waals surface area contributed by atoms with Gasteiger partial charge in [0, 0.05) is 30.2 Å². The molecule has 0 aliphatic heterocycles. The summed E-state index contributed by atoms with van der Waals surface area (Å²) in [5, 5.41) is 4.29. The Labute approximate surface area is 114 Å². The molecule has 3 heteroatoms. The second-order valence-electron chi connectivity index (χ2n) is 5.03. The van der Waals surface area contributed by atoms with Crippen molar-refractivity contribution in [1.29, 1.82) is 0 Å². The van der Waals surface area contributed by atoms with E-state index >= 15 is 0 Å². The summed E-state index contributed by atoms with van der Waals surface area (Å²) in [7, 11) is 0. The Morgan fingerprint density at radius 3 is 2.84 bits per heavy atom. The van der Waals surface area contributed by atoms with Gasteiger partial charge in [-0.05, 0) is 38.4 Å². The van der Waals surface area contributed by atoms with Crippen molar-refractivity contribution in [3.8, 4) is 0 Å². The number of nitrogens with one attached hydrogen (secondary N) is 1. The summed E-state index contributed by atoms with van der Waals surface area (Å²) in [5.41, 5.74) is 1.13. The molecule has 0 saturated carbocycles. The fraction of sp³-hybridized carbons (Fsp3) is 0.438. The molecule has 0 spiro atoms. The average molecular weight is 258 g/mol. The normalized spacial score (nSPS) is 12.7. The van der Waals surface area contributed by atoms with E-state index in [9.17, 15) is 4.79 Å². The first kappa shape index (κ1) is 13.8. The average Bonchev–Trinajstić information content (AvgIpc) is 2.45. The lowest BCUT2D eigenvalue weighted by molar-refractivity contribution is 0.480. The van der Waals surface area contributed by atoms with Crippen LogP contribution in [0, 0.1) is 0 Å². The molecule has 1 unspecified atom stereocenters. The van der Waals surface area contributed by atoms with E-state index in [2.05, 4.69) is 23.7 Å². The molecule has 1 N–H and O–H groups in total. The minimum Gasteiger partial charge on any atom is -0.347 e. The highest BCUT2D eigenvalue weighted by Gasteiger charge is 2.04. The Morgan fingerprint density at radius 2 is 2.05 bits per heavy atom. The molecule has 19 heavy (non-hydrogen) atoms. The number of rotatable bonds is 6. The van der Waals surface area contributed by atoms with E-state index in [1.165, 1.54) is 0 Å². The van der Waals surface area contributed by atoms with Crippen molar-refractivity contribution < 1.29 is 0 Å². The first-order valence-corrected chi connectivity index (χ1v) is 7.04. The van der Waals surface area contributed by atoms with Gasteiger partial charge in [-0.3, -0.25) is 4.79 Å². The highest BCUT2D eigenvalue weighted by molar-refractivity contribution is 5.78. The molecule has 3 nitrogen and oxygen atoms in total. The first-order valence-electron chi connectivity index (χ1n) is 7.04. The number of aryl methyl sites for hydroxylation is 1. The van der Waals surface area contributed by atoms with Crippen molar-refractivity contribution in [3.05, 3.63) is 46.8 Å². The minimum atomic E-state index is 0.101. The number of hydrogen-bond acceptors (Lipinski definition) is 2. The maximum atomic E-state index is 11.8. The number of fused-ring (bicyclic) bond motifs is 1. The fourth-order valence-corrected chi connectivity index (χ4v) is 2.28. The maximum absolute atomic E-state index is 11.8. The second-order valence-corrected chi connectivity index (χ2v) is 5.03. The van der Waals surface area contributed by atoms with Gasteiger partial charge in [0.25, 0.3) is 0 Å². The molecular weight excluding hydrogens is 236 g/mol. The zero-order chi connectivity index (χ0) is 13.7. The lowest BCUT2D eigenvalue weighted by Gasteiger charge is -2.15. The van der Waals surface area contributed by atoms with Crippen molar-refractivity contribution in [3.63, 3.8) is 0 Å². The van der Waals surface area contributed by atoms with Gasteiger partial charge in [0.15, 0.2) is 5.43 Å². The van der Waals surface area contributed by atoms with Crippen molar-refractivity contribution in [2.75, 3.05) is 6.54 Å². The van der Waals surface area contributed by atoms with Crippen LogP contribution in [0.3, 0.4) is 0 Å². The zero-order valence-electron chi connectivity index (χ0n) is 11.7. The van der Waals surface area contributed by atoms with E-state index < -0.39 is 0 Å². The van der Waals surface area contributed by atoms with Gasteiger partial charge in [-0.2, -0.15) is 0 Å². The topological polar surface area (TPSA) is 34.0 Å². The van der Waals surface area contributed by atoms with Gasteiger partial charge in [0.1, 0.15) is 0 Å². The summed E-state index contributed by atoms with van der Waals surface area (Å²) in [6.45, 7) is 6.38. The lowest BCUT2D eigenvalue weighted by Crippen LogP contribution is -2.28. The molecule has 1 heterocycles. The summed E-state index contributed by atoms with van der Waals surface area (Å²) >= 11 is 0. The molecular formula is C16H22N2O. The molecule has 0 saturated heterocycles. The van der Waals surface area contributed by atoms with Crippen molar-refractivity contribution in [2.24, 2.45) is 0 Å². The third-order valence-electron chi connectivity index (χ3n) is 3.43. The van der Waals surface area contributed by atoms with Crippen LogP contribution in [-0.2, 0) is 6.54 Å². The van der Waals surface area contributed by atoms with Crippen molar-refractivity contribution in [1.82, 2.24) is 9.88 Å². The minimum absolute atomic E-state index is 0.101. The van der Waals surface area contributed by atoms with Crippen LogP contribution in [0.15, 0.2) is 41.3 Å². The number of nitrogens with zero attached hydrogens (tertiary/aromatic N) is 1. The molecule has 2 aromatic rings. The van der Waals surface area contributed by atoms with Crippen LogP contribution in [0.2, 0.25) is 0 Å². The zero-order valence-corrected chi connectivity index (χ0v) is 11.7. The van der Waals surface area contributed by atoms with Crippen molar-refractivity contribution in [2.45, 2.75) is 39.3 Å². The van der Waals surface area contributed by atoms with Crippen LogP contribution in [0.5, 0.6) is 0 Å². The molecule has 2 rings (SSSR count). The predicted octanol–water partition coefficient (Wildman–Crippen LogP) is 2.78. The SMILES string of the molecule is CCCNC(C)CCn1ccc(=O)c2ccccc21. The van der Waals surface area contributed by atoms with Crippen LogP contribution < -0.4 is 10.7 Å². The first-order chi connectivity index (χ1) is 9.22. The molecule has 0 bridgehead atoms. The molecule has 102 valence electrons. The Bertz CT molecular complexity index is 589. The van der Waals surface area contributed by atoms with E-state index in [0.717, 1.165) is 36.8 Å². The molecule has 0 aliphatic rings. The predicted molar refractivity (Wildman–Crippen MR) is 80.6 cm³/mol. The molecule has 0 radical (unpaired) electrons. The van der Waals surface area contributed by atoms with Crippen LogP contribution in [0.1, 0.15) is 26.7 Å². The summed E-state index contributed by atoms with van der Waals surface area (Å²) in [6.07, 6.45) is 4.12. The van der Waals surface area contributed by atoms with E-state index in [1.54, 1.807) is 6.07 Å². The molecule has 0 fully saturated rings. The third-order valence-corrected chi connectivity index (χ3v) is 3.43. The molecule has 0 amide bonds. The van der Waals surface area contributed by atoms with E-state index in [4.69, 9.17) is 0 Å². The molecule has 1 aromatic carbocycles. The number of hydrogen-bond donors (Lipinski definition) is 1. The Kier molecular flexibility index (Phi) is 4.74. The highest BCUT2D eigenvalue weighted by atomic mass is 16.1. The smallest absolute Gasteiger partial charge is 0.189 e. The van der Waals surface area contributed by atoms with Crippen LogP contribution >= 0.6 is 0 Å². The molecule has 1 aromatic heterocycles. The summed E-state index contributed by atoms with van der Waals surface area (Å²) in [6, 6.07) is 9.97. The highest BCUT2D eigenvalue weighted by Crippen LogP contribution is 2.10. The van der Waals surface area contributed by atoms with Crippen LogP contribution in [0.25, 0.3) is 10.9 Å². The number of benzene rings is 1. The summed E-state index contributed by atoms with van der Waals surface area (Å²) in [5.74, 6) is 0. The second kappa shape index (κ2) is 6.53. The fourth-order valence-electron chi connectivity index (χ4n) is 2.28. The molecule has 1 atom stereocenters. The standard InChI is InChI=1S/C16H22N2O/c1-3-10-17-13(2)8-11-18-12-9-16(19)14-6-4-5-7-15(14)18/h4-7,9,12-13,17H,3,8,10-11H2,1-2H3. The third kappa shape index (κ3) is 3.44. The van der Waals surface area contributed by atoms with Gasteiger partial charge in [-0.15, -0.1) is 0 Å². The largest absolute Gasteiger partial charge is 0.347 e. The summed E-state index contributed by atoms with van der Waals surface area (Å²) < 4.78 is 2.17. The maximum Gasteiger partial charge on any atom is 0.189 e. The van der Waals surface area contributed by atoms with Gasteiger partial charge >= 0.3 is 0 Å². The van der Waals surface area contributed by atoms with Crippen LogP contribution in [0.4, 0.5) is 0 Å². The Balaban J connectivity index is 2.13. The van der Waals surface area contributed by atoms with E-state index in [0.29, 0.717) is 6.04 Å².